The lowest BCUT2D eigenvalue weighted by Crippen LogP contribution is -2.36. The zero-order valence-electron chi connectivity index (χ0n) is 11.8. The standard InChI is InChI=1S/C15H19N3O2/c1-11-7-12(8-16)3-4-13(11)9-18-6-5-14(10-18)17-15(19)20-2/h3-4,7,14H,5-6,9-10H2,1-2H3,(H,17,19). The summed E-state index contributed by atoms with van der Waals surface area (Å²) in [5.41, 5.74) is 3.05. The molecule has 1 atom stereocenters. The van der Waals surface area contributed by atoms with Crippen LogP contribution >= 0.6 is 0 Å². The van der Waals surface area contributed by atoms with Crippen LogP contribution in [0.2, 0.25) is 0 Å². The van der Waals surface area contributed by atoms with Gasteiger partial charge in [0.15, 0.2) is 0 Å². The highest BCUT2D eigenvalue weighted by Crippen LogP contribution is 2.17. The first kappa shape index (κ1) is 14.4. The smallest absolute Gasteiger partial charge is 0.407 e. The van der Waals surface area contributed by atoms with Crippen LogP contribution in [0.4, 0.5) is 4.79 Å². The summed E-state index contributed by atoms with van der Waals surface area (Å²) in [6, 6.07) is 8.07. The maximum atomic E-state index is 11.2. The van der Waals surface area contributed by atoms with Gasteiger partial charge in [-0.25, -0.2) is 4.79 Å². The van der Waals surface area contributed by atoms with E-state index in [0.29, 0.717) is 5.56 Å². The Morgan fingerprint density at radius 2 is 2.40 bits per heavy atom. The largest absolute Gasteiger partial charge is 0.453 e. The van der Waals surface area contributed by atoms with Crippen molar-refractivity contribution in [3.05, 3.63) is 34.9 Å². The van der Waals surface area contributed by atoms with Gasteiger partial charge in [0, 0.05) is 25.7 Å². The molecule has 0 aliphatic carbocycles. The summed E-state index contributed by atoms with van der Waals surface area (Å²) in [4.78, 5) is 13.5. The molecule has 1 N–H and O–H groups in total. The number of hydrogen-bond donors (Lipinski definition) is 1. The van der Waals surface area contributed by atoms with Crippen molar-refractivity contribution in [2.24, 2.45) is 0 Å². The van der Waals surface area contributed by atoms with Crippen LogP contribution in [0, 0.1) is 18.3 Å². The number of hydrogen-bond acceptors (Lipinski definition) is 4. The molecule has 1 aliphatic rings. The predicted molar refractivity (Wildman–Crippen MR) is 75.1 cm³/mol. The number of carbonyl (C=O) groups is 1. The van der Waals surface area contributed by atoms with E-state index in [4.69, 9.17) is 5.26 Å². The molecule has 20 heavy (non-hydrogen) atoms. The number of alkyl carbamates (subject to hydrolysis) is 1. The molecule has 0 aromatic heterocycles. The number of rotatable bonds is 3. The summed E-state index contributed by atoms with van der Waals surface area (Å²) in [6.45, 7) is 4.65. The summed E-state index contributed by atoms with van der Waals surface area (Å²) >= 11 is 0. The van der Waals surface area contributed by atoms with Gasteiger partial charge in [-0.2, -0.15) is 5.26 Å². The van der Waals surface area contributed by atoms with Crippen molar-refractivity contribution in [1.82, 2.24) is 10.2 Å². The predicted octanol–water partition coefficient (Wildman–Crippen LogP) is 1.80. The molecule has 1 fully saturated rings. The van der Waals surface area contributed by atoms with Crippen molar-refractivity contribution in [1.29, 1.82) is 5.26 Å². The molecule has 0 saturated carbocycles. The van der Waals surface area contributed by atoms with Gasteiger partial charge in [-0.15, -0.1) is 0 Å². The monoisotopic (exact) mass is 273 g/mol. The van der Waals surface area contributed by atoms with Crippen LogP contribution in [0.15, 0.2) is 18.2 Å². The molecular formula is C15H19N3O2. The first-order valence-electron chi connectivity index (χ1n) is 6.69. The highest BCUT2D eigenvalue weighted by atomic mass is 16.5. The van der Waals surface area contributed by atoms with E-state index in [9.17, 15) is 4.79 Å². The molecule has 1 amide bonds. The van der Waals surface area contributed by atoms with Gasteiger partial charge in [-0.05, 0) is 36.6 Å². The number of nitrogens with one attached hydrogen (secondary N) is 1. The van der Waals surface area contributed by atoms with E-state index in [2.05, 4.69) is 21.0 Å². The number of carbonyl (C=O) groups excluding carboxylic acids is 1. The van der Waals surface area contributed by atoms with Crippen LogP contribution in [0.25, 0.3) is 0 Å². The van der Waals surface area contributed by atoms with Crippen LogP contribution in [0.5, 0.6) is 0 Å². The van der Waals surface area contributed by atoms with E-state index in [0.717, 1.165) is 31.6 Å². The van der Waals surface area contributed by atoms with Crippen LogP contribution in [0.1, 0.15) is 23.1 Å². The summed E-state index contributed by atoms with van der Waals surface area (Å²) in [7, 11) is 1.38. The number of nitrogens with zero attached hydrogens (tertiary/aromatic N) is 2. The van der Waals surface area contributed by atoms with E-state index in [1.165, 1.54) is 12.7 Å². The van der Waals surface area contributed by atoms with E-state index >= 15 is 0 Å². The first-order chi connectivity index (χ1) is 9.62. The molecule has 1 aromatic rings. The Balaban J connectivity index is 1.92. The van der Waals surface area contributed by atoms with E-state index in [1.807, 2.05) is 25.1 Å². The highest BCUT2D eigenvalue weighted by molar-refractivity contribution is 5.67. The van der Waals surface area contributed by atoms with Gasteiger partial charge in [0.05, 0.1) is 18.7 Å². The molecule has 1 unspecified atom stereocenters. The molecule has 5 heteroatoms. The minimum atomic E-state index is -0.369. The average Bonchev–Trinajstić information content (AvgIpc) is 2.88. The summed E-state index contributed by atoms with van der Waals surface area (Å²) in [5, 5.41) is 11.7. The zero-order chi connectivity index (χ0) is 14.5. The number of amides is 1. The zero-order valence-corrected chi connectivity index (χ0v) is 11.8. The van der Waals surface area contributed by atoms with Crippen LogP contribution in [0.3, 0.4) is 0 Å². The molecule has 5 nitrogen and oxygen atoms in total. The summed E-state index contributed by atoms with van der Waals surface area (Å²) in [5.74, 6) is 0. The topological polar surface area (TPSA) is 65.4 Å². The van der Waals surface area contributed by atoms with Crippen molar-refractivity contribution in [3.63, 3.8) is 0 Å². The second kappa shape index (κ2) is 6.40. The molecule has 1 aromatic carbocycles. The Bertz CT molecular complexity index is 536. The van der Waals surface area contributed by atoms with Gasteiger partial charge in [0.25, 0.3) is 0 Å². The number of methoxy groups -OCH3 is 1. The van der Waals surface area contributed by atoms with Crippen LogP contribution in [-0.2, 0) is 11.3 Å². The second-order valence-corrected chi connectivity index (χ2v) is 5.11. The van der Waals surface area contributed by atoms with Gasteiger partial charge in [0.2, 0.25) is 0 Å². The SMILES string of the molecule is COC(=O)NC1CCN(Cc2ccc(C#N)cc2C)C1. The van der Waals surface area contributed by atoms with Gasteiger partial charge < -0.3 is 10.1 Å². The normalized spacial score (nSPS) is 18.6. The third-order valence-electron chi connectivity index (χ3n) is 3.65. The first-order valence-corrected chi connectivity index (χ1v) is 6.69. The minimum absolute atomic E-state index is 0.154. The fourth-order valence-corrected chi connectivity index (χ4v) is 2.50. The number of ether oxygens (including phenoxy) is 1. The highest BCUT2D eigenvalue weighted by Gasteiger charge is 2.24. The Morgan fingerprint density at radius 3 is 3.05 bits per heavy atom. The van der Waals surface area contributed by atoms with Crippen molar-refractivity contribution in [2.45, 2.75) is 25.9 Å². The van der Waals surface area contributed by atoms with Crippen molar-refractivity contribution >= 4 is 6.09 Å². The number of benzene rings is 1. The van der Waals surface area contributed by atoms with Crippen LogP contribution < -0.4 is 5.32 Å². The van der Waals surface area contributed by atoms with Gasteiger partial charge in [0.1, 0.15) is 0 Å². The Morgan fingerprint density at radius 1 is 1.60 bits per heavy atom. The molecule has 0 radical (unpaired) electrons. The molecule has 106 valence electrons. The molecular weight excluding hydrogens is 254 g/mol. The third kappa shape index (κ3) is 3.49. The Hall–Kier alpha value is -2.06. The van der Waals surface area contributed by atoms with E-state index in [1.54, 1.807) is 0 Å². The summed E-state index contributed by atoms with van der Waals surface area (Å²) in [6.07, 6.45) is 0.566. The summed E-state index contributed by atoms with van der Waals surface area (Å²) < 4.78 is 4.61. The number of nitriles is 1. The van der Waals surface area contributed by atoms with E-state index < -0.39 is 0 Å². The molecule has 2 rings (SSSR count). The van der Waals surface area contributed by atoms with Gasteiger partial charge in [-0.1, -0.05) is 6.07 Å². The average molecular weight is 273 g/mol. The maximum Gasteiger partial charge on any atom is 0.407 e. The quantitative estimate of drug-likeness (QED) is 0.912. The molecule has 0 bridgehead atoms. The Kier molecular flexibility index (Phi) is 4.59. The fourth-order valence-electron chi connectivity index (χ4n) is 2.50. The fraction of sp³-hybridized carbons (Fsp3) is 0.467. The van der Waals surface area contributed by atoms with Crippen molar-refractivity contribution < 1.29 is 9.53 Å². The van der Waals surface area contributed by atoms with Gasteiger partial charge >= 0.3 is 6.09 Å². The van der Waals surface area contributed by atoms with Crippen molar-refractivity contribution in [3.8, 4) is 6.07 Å². The molecule has 0 spiro atoms. The molecule has 1 saturated heterocycles. The van der Waals surface area contributed by atoms with E-state index in [-0.39, 0.29) is 12.1 Å². The molecule has 1 heterocycles. The number of aryl methyl sites for hydroxylation is 1. The lowest BCUT2D eigenvalue weighted by Gasteiger charge is -2.17. The molecule has 1 aliphatic heterocycles. The van der Waals surface area contributed by atoms with Gasteiger partial charge in [-0.3, -0.25) is 4.90 Å². The minimum Gasteiger partial charge on any atom is -0.453 e. The van der Waals surface area contributed by atoms with Crippen LogP contribution in [-0.4, -0.2) is 37.2 Å². The van der Waals surface area contributed by atoms with Crippen molar-refractivity contribution in [2.75, 3.05) is 20.2 Å². The Labute approximate surface area is 119 Å². The number of likely N-dealkylation sites (tertiary alicyclic amines) is 1. The second-order valence-electron chi connectivity index (χ2n) is 5.11. The third-order valence-corrected chi connectivity index (χ3v) is 3.65. The maximum absolute atomic E-state index is 11.2. The lowest BCUT2D eigenvalue weighted by molar-refractivity contribution is 0.166. The lowest BCUT2D eigenvalue weighted by atomic mass is 10.1.